The molecule has 0 amide bonds. The van der Waals surface area contributed by atoms with Gasteiger partial charge in [-0.25, -0.2) is 0 Å². The van der Waals surface area contributed by atoms with Gasteiger partial charge in [-0.3, -0.25) is 14.4 Å². The van der Waals surface area contributed by atoms with Crippen molar-refractivity contribution in [3.63, 3.8) is 0 Å². The lowest BCUT2D eigenvalue weighted by Crippen LogP contribution is -2.30. The molecule has 0 aliphatic rings. The van der Waals surface area contributed by atoms with Crippen molar-refractivity contribution in [2.24, 2.45) is 0 Å². The van der Waals surface area contributed by atoms with Crippen molar-refractivity contribution < 1.29 is 28.6 Å². The zero-order valence-corrected chi connectivity index (χ0v) is 47.5. The van der Waals surface area contributed by atoms with Crippen LogP contribution in [-0.2, 0) is 28.6 Å². The zero-order valence-electron chi connectivity index (χ0n) is 47.5. The summed E-state index contributed by atoms with van der Waals surface area (Å²) >= 11 is 0. The Morgan fingerprint density at radius 2 is 0.549 bits per heavy atom. The smallest absolute Gasteiger partial charge is 0.306 e. The fourth-order valence-corrected chi connectivity index (χ4v) is 9.20. The molecule has 1 atom stereocenters. The predicted molar refractivity (Wildman–Crippen MR) is 307 cm³/mol. The van der Waals surface area contributed by atoms with Crippen molar-refractivity contribution in [1.29, 1.82) is 0 Å². The summed E-state index contributed by atoms with van der Waals surface area (Å²) < 4.78 is 16.9. The van der Waals surface area contributed by atoms with Crippen molar-refractivity contribution in [2.45, 2.75) is 335 Å². The van der Waals surface area contributed by atoms with Crippen LogP contribution >= 0.6 is 0 Å². The number of carbonyl (C=O) groups is 3. The molecule has 0 heterocycles. The molecule has 0 spiro atoms. The van der Waals surface area contributed by atoms with Gasteiger partial charge in [0, 0.05) is 19.3 Å². The van der Waals surface area contributed by atoms with Crippen molar-refractivity contribution in [2.75, 3.05) is 13.2 Å². The molecule has 0 aromatic rings. The first kappa shape index (κ1) is 68.4. The average Bonchev–Trinajstić information content (AvgIpc) is 3.37. The highest BCUT2D eigenvalue weighted by molar-refractivity contribution is 5.71. The van der Waals surface area contributed by atoms with Crippen LogP contribution in [-0.4, -0.2) is 37.2 Å². The molecule has 6 nitrogen and oxygen atoms in total. The quantitative estimate of drug-likeness (QED) is 0.0261. The highest BCUT2D eigenvalue weighted by Gasteiger charge is 2.19. The van der Waals surface area contributed by atoms with E-state index in [9.17, 15) is 14.4 Å². The molecule has 0 saturated heterocycles. The summed E-state index contributed by atoms with van der Waals surface area (Å²) in [5.74, 6) is -0.881. The standard InChI is InChI=1S/C65H118O6/c1-4-7-10-13-16-19-22-25-28-30-31-32-33-34-36-37-40-43-46-49-52-55-58-64(67)70-61-62(60-69-63(66)57-54-51-48-45-42-39-27-24-21-18-15-12-9-6-3)71-65(68)59-56-53-50-47-44-41-38-35-29-26-23-20-17-14-11-8-5-2/h8,11,17,20,26,29,38,41,62H,4-7,9-10,12-16,18-19,21-25,27-28,30-37,39-40,42-61H2,1-3H3/b11-8-,20-17-,29-26-,41-38-. The molecule has 1 unspecified atom stereocenters. The summed E-state index contributed by atoms with van der Waals surface area (Å²) in [5.41, 5.74) is 0. The fourth-order valence-electron chi connectivity index (χ4n) is 9.20. The van der Waals surface area contributed by atoms with Crippen LogP contribution in [0.2, 0.25) is 0 Å². The van der Waals surface area contributed by atoms with Crippen molar-refractivity contribution in [1.82, 2.24) is 0 Å². The van der Waals surface area contributed by atoms with Gasteiger partial charge < -0.3 is 14.2 Å². The molecular weight excluding hydrogens is 877 g/mol. The van der Waals surface area contributed by atoms with Crippen LogP contribution in [0.3, 0.4) is 0 Å². The highest BCUT2D eigenvalue weighted by atomic mass is 16.6. The van der Waals surface area contributed by atoms with E-state index >= 15 is 0 Å². The maximum atomic E-state index is 12.9. The van der Waals surface area contributed by atoms with Crippen LogP contribution in [0.5, 0.6) is 0 Å². The second-order valence-electron chi connectivity index (χ2n) is 21.0. The molecule has 0 N–H and O–H groups in total. The van der Waals surface area contributed by atoms with Crippen molar-refractivity contribution in [3.8, 4) is 0 Å². The van der Waals surface area contributed by atoms with Crippen molar-refractivity contribution >= 4 is 17.9 Å². The molecule has 0 rings (SSSR count). The first-order valence-corrected chi connectivity index (χ1v) is 31.1. The van der Waals surface area contributed by atoms with E-state index in [4.69, 9.17) is 14.2 Å². The third kappa shape index (κ3) is 58.1. The summed E-state index contributed by atoms with van der Waals surface area (Å²) in [6, 6.07) is 0. The van der Waals surface area contributed by atoms with Crippen molar-refractivity contribution in [3.05, 3.63) is 48.6 Å². The van der Waals surface area contributed by atoms with Gasteiger partial charge in [-0.1, -0.05) is 301 Å². The number of hydrogen-bond acceptors (Lipinski definition) is 6. The van der Waals surface area contributed by atoms with Gasteiger partial charge in [0.05, 0.1) is 0 Å². The number of esters is 3. The van der Waals surface area contributed by atoms with Gasteiger partial charge in [0.15, 0.2) is 6.10 Å². The Bertz CT molecular complexity index is 1230. The second kappa shape index (κ2) is 59.9. The Morgan fingerprint density at radius 1 is 0.296 bits per heavy atom. The fraction of sp³-hybridized carbons (Fsp3) is 0.831. The molecule has 0 aliphatic carbocycles. The van der Waals surface area contributed by atoms with Gasteiger partial charge in [-0.05, 0) is 57.8 Å². The predicted octanol–water partition coefficient (Wildman–Crippen LogP) is 21.0. The number of ether oxygens (including phenoxy) is 3. The maximum absolute atomic E-state index is 12.9. The summed E-state index contributed by atoms with van der Waals surface area (Å²) in [7, 11) is 0. The minimum atomic E-state index is -0.783. The lowest BCUT2D eigenvalue weighted by molar-refractivity contribution is -0.167. The molecule has 71 heavy (non-hydrogen) atoms. The topological polar surface area (TPSA) is 78.9 Å². The molecule has 0 fully saturated rings. The van der Waals surface area contributed by atoms with Crippen LogP contribution < -0.4 is 0 Å². The van der Waals surface area contributed by atoms with Crippen LogP contribution in [0.15, 0.2) is 48.6 Å². The Morgan fingerprint density at radius 3 is 0.859 bits per heavy atom. The summed E-state index contributed by atoms with van der Waals surface area (Å²) in [5, 5.41) is 0. The van der Waals surface area contributed by atoms with E-state index in [-0.39, 0.29) is 31.1 Å². The largest absolute Gasteiger partial charge is 0.462 e. The van der Waals surface area contributed by atoms with E-state index in [1.165, 1.54) is 193 Å². The summed E-state index contributed by atoms with van der Waals surface area (Å²) in [6.07, 6.45) is 74.0. The molecule has 414 valence electrons. The zero-order chi connectivity index (χ0) is 51.4. The first-order chi connectivity index (χ1) is 35.0. The molecule has 0 radical (unpaired) electrons. The third-order valence-corrected chi connectivity index (χ3v) is 13.8. The molecule has 0 bridgehead atoms. The SMILES string of the molecule is CC/C=C\C/C=C\C/C=C\C/C=C\CCCCCCC(=O)OC(COC(=O)CCCCCCCCCCCCCCCC)COC(=O)CCCCCCCCCCCCCCCCCCCCCCCC. The van der Waals surface area contributed by atoms with Gasteiger partial charge in [0.25, 0.3) is 0 Å². The molecule has 0 saturated carbocycles. The summed E-state index contributed by atoms with van der Waals surface area (Å²) in [4.78, 5) is 38.2. The highest BCUT2D eigenvalue weighted by Crippen LogP contribution is 2.17. The number of hydrogen-bond donors (Lipinski definition) is 0. The number of unbranched alkanes of at least 4 members (excludes halogenated alkanes) is 38. The first-order valence-electron chi connectivity index (χ1n) is 31.1. The van der Waals surface area contributed by atoms with Crippen LogP contribution in [0.1, 0.15) is 329 Å². The second-order valence-corrected chi connectivity index (χ2v) is 21.0. The average molecular weight is 996 g/mol. The third-order valence-electron chi connectivity index (χ3n) is 13.8. The number of allylic oxidation sites excluding steroid dienone is 8. The summed E-state index contributed by atoms with van der Waals surface area (Å²) in [6.45, 7) is 6.56. The van der Waals surface area contributed by atoms with Gasteiger partial charge in [0.2, 0.25) is 0 Å². The minimum Gasteiger partial charge on any atom is -0.462 e. The minimum absolute atomic E-state index is 0.0785. The molecular formula is C65H118O6. The Kier molecular flexibility index (Phi) is 57.7. The Labute approximate surface area is 441 Å². The molecule has 6 heteroatoms. The molecule has 0 aromatic heterocycles. The number of rotatable bonds is 57. The van der Waals surface area contributed by atoms with E-state index in [1.807, 2.05) is 0 Å². The van der Waals surface area contributed by atoms with E-state index in [0.717, 1.165) is 96.3 Å². The van der Waals surface area contributed by atoms with E-state index in [0.29, 0.717) is 19.3 Å². The lowest BCUT2D eigenvalue weighted by atomic mass is 10.0. The van der Waals surface area contributed by atoms with Gasteiger partial charge in [0.1, 0.15) is 13.2 Å². The van der Waals surface area contributed by atoms with Gasteiger partial charge >= 0.3 is 17.9 Å². The maximum Gasteiger partial charge on any atom is 0.306 e. The van der Waals surface area contributed by atoms with Crippen LogP contribution in [0.4, 0.5) is 0 Å². The lowest BCUT2D eigenvalue weighted by Gasteiger charge is -2.18. The Balaban J connectivity index is 4.32. The van der Waals surface area contributed by atoms with Gasteiger partial charge in [-0.15, -0.1) is 0 Å². The van der Waals surface area contributed by atoms with E-state index in [2.05, 4.69) is 69.4 Å². The van der Waals surface area contributed by atoms with E-state index in [1.54, 1.807) is 0 Å². The van der Waals surface area contributed by atoms with Crippen LogP contribution in [0, 0.1) is 0 Å². The van der Waals surface area contributed by atoms with Gasteiger partial charge in [-0.2, -0.15) is 0 Å². The Hall–Kier alpha value is -2.63. The molecule has 0 aliphatic heterocycles. The number of carbonyl (C=O) groups excluding carboxylic acids is 3. The van der Waals surface area contributed by atoms with Crippen LogP contribution in [0.25, 0.3) is 0 Å². The molecule has 0 aromatic carbocycles. The monoisotopic (exact) mass is 995 g/mol. The van der Waals surface area contributed by atoms with E-state index < -0.39 is 6.10 Å². The normalized spacial score (nSPS) is 12.3.